The monoisotopic (exact) mass is 463 g/mol. The van der Waals surface area contributed by atoms with Gasteiger partial charge in [0.25, 0.3) is 5.56 Å². The van der Waals surface area contributed by atoms with Gasteiger partial charge in [-0.05, 0) is 75.8 Å². The van der Waals surface area contributed by atoms with Gasteiger partial charge in [0.15, 0.2) is 6.79 Å². The zero-order valence-corrected chi connectivity index (χ0v) is 15.5. The van der Waals surface area contributed by atoms with Gasteiger partial charge < -0.3 is 14.0 Å². The highest BCUT2D eigenvalue weighted by molar-refractivity contribution is 14.1. The van der Waals surface area contributed by atoms with E-state index in [9.17, 15) is 4.79 Å². The van der Waals surface area contributed by atoms with Crippen molar-refractivity contribution >= 4 is 38.5 Å². The number of halogens is 2. The molecule has 0 bridgehead atoms. The van der Waals surface area contributed by atoms with Crippen LogP contribution in [0.4, 0.5) is 0 Å². The topological polar surface area (TPSA) is 40.5 Å². The van der Waals surface area contributed by atoms with Gasteiger partial charge in [0.2, 0.25) is 0 Å². The molecule has 0 saturated carbocycles. The van der Waals surface area contributed by atoms with Crippen molar-refractivity contribution < 1.29 is 9.47 Å². The summed E-state index contributed by atoms with van der Waals surface area (Å²) in [5.74, 6) is 0.711. The molecule has 0 aliphatic carbocycles. The average molecular weight is 464 g/mol. The number of methoxy groups -OCH3 is 1. The maximum atomic E-state index is 12.2. The van der Waals surface area contributed by atoms with Crippen molar-refractivity contribution in [1.29, 1.82) is 0 Å². The van der Waals surface area contributed by atoms with E-state index in [-0.39, 0.29) is 12.4 Å². The van der Waals surface area contributed by atoms with Crippen LogP contribution in [-0.4, -0.2) is 18.5 Å². The van der Waals surface area contributed by atoms with Crippen molar-refractivity contribution in [2.24, 2.45) is 0 Å². The summed E-state index contributed by atoms with van der Waals surface area (Å²) in [5, 5.41) is 0. The summed E-state index contributed by atoms with van der Waals surface area (Å²) in [6.45, 7) is 2.79. The van der Waals surface area contributed by atoms with Gasteiger partial charge in [0.05, 0.1) is 9.26 Å². The predicted molar refractivity (Wildman–Crippen MR) is 94.7 cm³/mol. The third kappa shape index (κ3) is 3.67. The van der Waals surface area contributed by atoms with E-state index in [1.165, 1.54) is 0 Å². The maximum Gasteiger partial charge on any atom is 0.264 e. The first kappa shape index (κ1) is 16.5. The van der Waals surface area contributed by atoms with Crippen molar-refractivity contribution in [3.8, 4) is 17.0 Å². The van der Waals surface area contributed by atoms with Crippen LogP contribution in [0.5, 0.6) is 5.75 Å². The molecule has 0 fully saturated rings. The number of hydrogen-bond acceptors (Lipinski definition) is 3. The first-order valence-corrected chi connectivity index (χ1v) is 8.26. The SMILES string of the molecule is CCn1c(-c2ccc(OCOC)cc2Br)ccc(I)c1=O. The number of aromatic nitrogens is 1. The van der Waals surface area contributed by atoms with Crippen LogP contribution in [0.3, 0.4) is 0 Å². The quantitative estimate of drug-likeness (QED) is 0.499. The van der Waals surface area contributed by atoms with Crippen molar-refractivity contribution in [3.63, 3.8) is 0 Å². The molecule has 1 aromatic carbocycles. The second-order valence-electron chi connectivity index (χ2n) is 4.31. The first-order chi connectivity index (χ1) is 10.1. The summed E-state index contributed by atoms with van der Waals surface area (Å²) >= 11 is 5.60. The summed E-state index contributed by atoms with van der Waals surface area (Å²) in [6, 6.07) is 9.47. The molecule has 0 saturated heterocycles. The summed E-state index contributed by atoms with van der Waals surface area (Å²) < 4.78 is 13.6. The van der Waals surface area contributed by atoms with Crippen LogP contribution < -0.4 is 10.3 Å². The van der Waals surface area contributed by atoms with Gasteiger partial charge in [0, 0.05) is 23.7 Å². The Labute approximate surface area is 145 Å². The maximum absolute atomic E-state index is 12.2. The molecule has 0 spiro atoms. The third-order valence-electron chi connectivity index (χ3n) is 3.00. The molecule has 6 heteroatoms. The molecule has 0 radical (unpaired) electrons. The van der Waals surface area contributed by atoms with Gasteiger partial charge in [-0.1, -0.05) is 0 Å². The van der Waals surface area contributed by atoms with E-state index in [0.29, 0.717) is 12.3 Å². The molecule has 112 valence electrons. The molecule has 1 aromatic heterocycles. The number of hydrogen-bond donors (Lipinski definition) is 0. The molecule has 0 aliphatic heterocycles. The van der Waals surface area contributed by atoms with Gasteiger partial charge in [-0.25, -0.2) is 0 Å². The second-order valence-corrected chi connectivity index (χ2v) is 6.32. The summed E-state index contributed by atoms with van der Waals surface area (Å²) in [6.07, 6.45) is 0. The normalized spacial score (nSPS) is 10.7. The van der Waals surface area contributed by atoms with E-state index in [0.717, 1.165) is 19.3 Å². The highest BCUT2D eigenvalue weighted by Gasteiger charge is 2.11. The predicted octanol–water partition coefficient (Wildman–Crippen LogP) is 3.89. The summed E-state index contributed by atoms with van der Waals surface area (Å²) in [5.41, 5.74) is 1.87. The Kier molecular flexibility index (Phi) is 5.83. The van der Waals surface area contributed by atoms with E-state index in [4.69, 9.17) is 9.47 Å². The molecule has 2 rings (SSSR count). The summed E-state index contributed by atoms with van der Waals surface area (Å²) in [4.78, 5) is 12.2. The smallest absolute Gasteiger partial charge is 0.264 e. The Balaban J connectivity index is 2.48. The van der Waals surface area contributed by atoms with Crippen LogP contribution in [0, 0.1) is 3.57 Å². The minimum Gasteiger partial charge on any atom is -0.468 e. The highest BCUT2D eigenvalue weighted by Crippen LogP contribution is 2.31. The van der Waals surface area contributed by atoms with Gasteiger partial charge in [-0.3, -0.25) is 4.79 Å². The Hall–Kier alpha value is -0.860. The fourth-order valence-corrected chi connectivity index (χ4v) is 3.05. The lowest BCUT2D eigenvalue weighted by Gasteiger charge is -2.14. The lowest BCUT2D eigenvalue weighted by molar-refractivity contribution is 0.0511. The molecule has 2 aromatic rings. The largest absolute Gasteiger partial charge is 0.468 e. The van der Waals surface area contributed by atoms with Crippen LogP contribution in [0.15, 0.2) is 39.6 Å². The van der Waals surface area contributed by atoms with E-state index >= 15 is 0 Å². The van der Waals surface area contributed by atoms with Crippen LogP contribution in [0.2, 0.25) is 0 Å². The van der Waals surface area contributed by atoms with Gasteiger partial charge in [-0.2, -0.15) is 0 Å². The highest BCUT2D eigenvalue weighted by atomic mass is 127. The zero-order chi connectivity index (χ0) is 15.4. The van der Waals surface area contributed by atoms with E-state index in [1.807, 2.05) is 37.3 Å². The molecule has 4 nitrogen and oxygen atoms in total. The van der Waals surface area contributed by atoms with Crippen LogP contribution in [0.1, 0.15) is 6.92 Å². The molecule has 0 aliphatic rings. The lowest BCUT2D eigenvalue weighted by Crippen LogP contribution is -2.22. The molecular weight excluding hydrogens is 449 g/mol. The van der Waals surface area contributed by atoms with E-state index < -0.39 is 0 Å². The minimum atomic E-state index is 0.0298. The zero-order valence-electron chi connectivity index (χ0n) is 11.7. The number of nitrogens with zero attached hydrogens (tertiary/aromatic N) is 1. The number of pyridine rings is 1. The second kappa shape index (κ2) is 7.42. The summed E-state index contributed by atoms with van der Waals surface area (Å²) in [7, 11) is 1.58. The molecule has 0 unspecified atom stereocenters. The Morgan fingerprint density at radius 2 is 2.05 bits per heavy atom. The van der Waals surface area contributed by atoms with Crippen molar-refractivity contribution in [1.82, 2.24) is 4.57 Å². The Morgan fingerprint density at radius 1 is 1.29 bits per heavy atom. The molecule has 0 amide bonds. The van der Waals surface area contributed by atoms with E-state index in [1.54, 1.807) is 11.7 Å². The van der Waals surface area contributed by atoms with Crippen molar-refractivity contribution in [2.45, 2.75) is 13.5 Å². The van der Waals surface area contributed by atoms with Gasteiger partial charge >= 0.3 is 0 Å². The van der Waals surface area contributed by atoms with Crippen molar-refractivity contribution in [2.75, 3.05) is 13.9 Å². The molecular formula is C15H15BrINO3. The third-order valence-corrected chi connectivity index (χ3v) is 4.48. The first-order valence-electron chi connectivity index (χ1n) is 6.39. The molecule has 1 heterocycles. The van der Waals surface area contributed by atoms with Crippen molar-refractivity contribution in [3.05, 3.63) is 48.7 Å². The van der Waals surface area contributed by atoms with Gasteiger partial charge in [0.1, 0.15) is 5.75 Å². The van der Waals surface area contributed by atoms with Gasteiger partial charge in [-0.15, -0.1) is 0 Å². The van der Waals surface area contributed by atoms with Crippen LogP contribution >= 0.6 is 38.5 Å². The number of ether oxygens (including phenoxy) is 2. The standard InChI is InChI=1S/C15H15BrINO3/c1-3-18-14(7-6-13(17)15(18)19)11-5-4-10(8-12(11)16)21-9-20-2/h4-8H,3,9H2,1-2H3. The average Bonchev–Trinajstić information content (AvgIpc) is 2.48. The van der Waals surface area contributed by atoms with Crippen LogP contribution in [0.25, 0.3) is 11.3 Å². The van der Waals surface area contributed by atoms with E-state index in [2.05, 4.69) is 38.5 Å². The van der Waals surface area contributed by atoms with Crippen LogP contribution in [-0.2, 0) is 11.3 Å². The number of benzene rings is 1. The lowest BCUT2D eigenvalue weighted by atomic mass is 10.1. The molecule has 0 atom stereocenters. The Bertz CT molecular complexity index is 700. The Morgan fingerprint density at radius 3 is 2.67 bits per heavy atom. The molecule has 0 N–H and O–H groups in total. The number of rotatable bonds is 5. The fourth-order valence-electron chi connectivity index (χ4n) is 2.02. The minimum absolute atomic E-state index is 0.0298. The fraction of sp³-hybridized carbons (Fsp3) is 0.267. The molecule has 21 heavy (non-hydrogen) atoms.